The van der Waals surface area contributed by atoms with Crippen LogP contribution in [0.15, 0.2) is 41.1 Å². The molecule has 6 nitrogen and oxygen atoms in total. The zero-order chi connectivity index (χ0) is 20.4. The zero-order valence-electron chi connectivity index (χ0n) is 16.7. The molecule has 1 amide bonds. The Bertz CT molecular complexity index is 889. The van der Waals surface area contributed by atoms with E-state index in [1.807, 2.05) is 29.2 Å². The van der Waals surface area contributed by atoms with Crippen LogP contribution in [0.1, 0.15) is 39.2 Å². The van der Waals surface area contributed by atoms with Crippen molar-refractivity contribution in [3.63, 3.8) is 0 Å². The molecule has 1 aromatic heterocycles. The first-order valence-corrected chi connectivity index (χ1v) is 11.3. The Morgan fingerprint density at radius 3 is 2.32 bits per heavy atom. The number of piperidine rings is 1. The molecular weight excluding hydrogens is 376 g/mol. The second-order valence-electron chi connectivity index (χ2n) is 8.47. The van der Waals surface area contributed by atoms with E-state index in [-0.39, 0.29) is 17.6 Å². The van der Waals surface area contributed by atoms with Crippen LogP contribution in [0.4, 0.5) is 0 Å². The van der Waals surface area contributed by atoms with Crippen LogP contribution in [-0.4, -0.2) is 48.0 Å². The molecule has 152 valence electrons. The summed E-state index contributed by atoms with van der Waals surface area (Å²) in [6.45, 7) is 6.48. The Morgan fingerprint density at radius 2 is 1.79 bits per heavy atom. The molecule has 28 heavy (non-hydrogen) atoms. The minimum Gasteiger partial charge on any atom is -0.356 e. The molecular formula is C21H28N2O4S. The summed E-state index contributed by atoms with van der Waals surface area (Å²) in [5, 5.41) is 3.70. The molecule has 3 rings (SSSR count). The number of carbonyl (C=O) groups is 1. The minimum absolute atomic E-state index is 0.0875. The quantitative estimate of drug-likeness (QED) is 0.763. The molecule has 0 bridgehead atoms. The molecule has 1 fully saturated rings. The fraction of sp³-hybridized carbons (Fsp3) is 0.524. The third-order valence-corrected chi connectivity index (χ3v) is 8.16. The minimum atomic E-state index is -3.12. The van der Waals surface area contributed by atoms with E-state index < -0.39 is 14.6 Å². The highest BCUT2D eigenvalue weighted by Crippen LogP contribution is 2.25. The lowest BCUT2D eigenvalue weighted by Gasteiger charge is -2.33. The molecule has 0 atom stereocenters. The summed E-state index contributed by atoms with van der Waals surface area (Å²) < 4.78 is 29.2. The van der Waals surface area contributed by atoms with E-state index in [9.17, 15) is 13.2 Å². The number of hydrogen-bond donors (Lipinski definition) is 0. The maximum Gasteiger partial charge on any atom is 0.226 e. The maximum absolute atomic E-state index is 12.6. The summed E-state index contributed by atoms with van der Waals surface area (Å²) >= 11 is 0. The third-order valence-electron chi connectivity index (χ3n) is 5.39. The lowest BCUT2D eigenvalue weighted by molar-refractivity contribution is -0.131. The highest BCUT2D eigenvalue weighted by Gasteiger charge is 2.33. The number of benzene rings is 1. The van der Waals surface area contributed by atoms with E-state index in [4.69, 9.17) is 4.52 Å². The fourth-order valence-corrected chi connectivity index (χ4v) is 4.80. The van der Waals surface area contributed by atoms with Crippen molar-refractivity contribution in [3.05, 3.63) is 42.1 Å². The Kier molecular flexibility index (Phi) is 5.93. The van der Waals surface area contributed by atoms with Gasteiger partial charge in [-0.1, -0.05) is 29.4 Å². The number of likely N-dealkylation sites (tertiary alicyclic amines) is 1. The van der Waals surface area contributed by atoms with Crippen LogP contribution in [0.3, 0.4) is 0 Å². The van der Waals surface area contributed by atoms with Crippen LogP contribution in [0.2, 0.25) is 0 Å². The average molecular weight is 405 g/mol. The van der Waals surface area contributed by atoms with E-state index in [0.717, 1.165) is 24.0 Å². The molecule has 7 heteroatoms. The van der Waals surface area contributed by atoms with E-state index in [0.29, 0.717) is 25.3 Å². The molecule has 1 aliphatic heterocycles. The summed E-state index contributed by atoms with van der Waals surface area (Å²) in [6.07, 6.45) is 3.43. The first-order valence-electron chi connectivity index (χ1n) is 9.66. The number of nitrogens with zero attached hydrogens (tertiary/aromatic N) is 2. The number of aromatic nitrogens is 1. The lowest BCUT2D eigenvalue weighted by Crippen LogP contribution is -2.42. The van der Waals surface area contributed by atoms with Crippen molar-refractivity contribution >= 4 is 15.7 Å². The first kappa shape index (κ1) is 20.6. The standard InChI is InChI=1S/C21H28N2O4S/c1-21(2,3)28(25,26)15-17-9-12-23(13-10-17)20(24)14-16-4-6-18(7-5-16)19-8-11-22-27-19/h4-8,11,17H,9-10,12-15H2,1-3H3. The van der Waals surface area contributed by atoms with Crippen molar-refractivity contribution in [2.24, 2.45) is 5.92 Å². The molecule has 1 saturated heterocycles. The van der Waals surface area contributed by atoms with Gasteiger partial charge >= 0.3 is 0 Å². The van der Waals surface area contributed by atoms with Gasteiger partial charge in [-0.25, -0.2) is 8.42 Å². The number of hydrogen-bond acceptors (Lipinski definition) is 5. The summed E-state index contributed by atoms with van der Waals surface area (Å²) in [5.74, 6) is 1.13. The van der Waals surface area contributed by atoms with Crippen LogP contribution in [-0.2, 0) is 21.1 Å². The van der Waals surface area contributed by atoms with Gasteiger partial charge in [-0.3, -0.25) is 4.79 Å². The second-order valence-corrected chi connectivity index (χ2v) is 11.3. The monoisotopic (exact) mass is 404 g/mol. The predicted octanol–water partition coefficient (Wildman–Crippen LogP) is 3.34. The van der Waals surface area contributed by atoms with Crippen molar-refractivity contribution < 1.29 is 17.7 Å². The molecule has 0 saturated carbocycles. The average Bonchev–Trinajstić information content (AvgIpc) is 3.16. The van der Waals surface area contributed by atoms with Gasteiger partial charge in [0.2, 0.25) is 5.91 Å². The molecule has 0 aliphatic carbocycles. The zero-order valence-corrected chi connectivity index (χ0v) is 17.5. The van der Waals surface area contributed by atoms with E-state index in [1.54, 1.807) is 33.0 Å². The molecule has 1 aliphatic rings. The normalized spacial score (nSPS) is 16.3. The number of carbonyl (C=O) groups excluding carboxylic acids is 1. The molecule has 0 N–H and O–H groups in total. The van der Waals surface area contributed by atoms with Gasteiger partial charge in [0.15, 0.2) is 15.6 Å². The van der Waals surface area contributed by atoms with Gasteiger partial charge < -0.3 is 9.42 Å². The number of amides is 1. The Hall–Kier alpha value is -2.15. The first-order chi connectivity index (χ1) is 13.2. The number of rotatable bonds is 5. The molecule has 0 unspecified atom stereocenters. The van der Waals surface area contributed by atoms with E-state index in [2.05, 4.69) is 5.16 Å². The summed E-state index contributed by atoms with van der Waals surface area (Å²) in [5.41, 5.74) is 1.88. The smallest absolute Gasteiger partial charge is 0.226 e. The maximum atomic E-state index is 12.6. The van der Waals surface area contributed by atoms with Crippen LogP contribution in [0, 0.1) is 5.92 Å². The fourth-order valence-electron chi connectivity index (χ4n) is 3.35. The van der Waals surface area contributed by atoms with Gasteiger partial charge in [-0.05, 0) is 45.1 Å². The van der Waals surface area contributed by atoms with E-state index in [1.165, 1.54) is 0 Å². The van der Waals surface area contributed by atoms with Crippen molar-refractivity contribution in [1.82, 2.24) is 10.1 Å². The Morgan fingerprint density at radius 1 is 1.14 bits per heavy atom. The molecule has 2 heterocycles. The van der Waals surface area contributed by atoms with Gasteiger partial charge in [-0.2, -0.15) is 0 Å². The van der Waals surface area contributed by atoms with Crippen molar-refractivity contribution in [2.45, 2.75) is 44.8 Å². The van der Waals surface area contributed by atoms with Gasteiger partial charge in [0.05, 0.1) is 23.1 Å². The van der Waals surface area contributed by atoms with Crippen molar-refractivity contribution in [2.75, 3.05) is 18.8 Å². The van der Waals surface area contributed by atoms with Gasteiger partial charge in [0.25, 0.3) is 0 Å². The predicted molar refractivity (Wildman–Crippen MR) is 108 cm³/mol. The SMILES string of the molecule is CC(C)(C)S(=O)(=O)CC1CCN(C(=O)Cc2ccc(-c3ccno3)cc2)CC1. The largest absolute Gasteiger partial charge is 0.356 e. The highest BCUT2D eigenvalue weighted by atomic mass is 32.2. The lowest BCUT2D eigenvalue weighted by atomic mass is 9.98. The number of sulfone groups is 1. The van der Waals surface area contributed by atoms with Gasteiger partial charge in [0, 0.05) is 24.7 Å². The van der Waals surface area contributed by atoms with Crippen LogP contribution >= 0.6 is 0 Å². The van der Waals surface area contributed by atoms with E-state index >= 15 is 0 Å². The molecule has 1 aromatic carbocycles. The van der Waals surface area contributed by atoms with Gasteiger partial charge in [0.1, 0.15) is 0 Å². The van der Waals surface area contributed by atoms with Crippen LogP contribution < -0.4 is 0 Å². The molecule has 2 aromatic rings. The Labute approximate surface area is 166 Å². The second kappa shape index (κ2) is 8.07. The highest BCUT2D eigenvalue weighted by molar-refractivity contribution is 7.92. The topological polar surface area (TPSA) is 80.5 Å². The molecule has 0 spiro atoms. The van der Waals surface area contributed by atoms with Crippen molar-refractivity contribution in [1.29, 1.82) is 0 Å². The van der Waals surface area contributed by atoms with Gasteiger partial charge in [-0.15, -0.1) is 0 Å². The summed E-state index contributed by atoms with van der Waals surface area (Å²) in [4.78, 5) is 14.5. The van der Waals surface area contributed by atoms with Crippen molar-refractivity contribution in [3.8, 4) is 11.3 Å². The summed E-state index contributed by atoms with van der Waals surface area (Å²) in [7, 11) is -3.12. The molecule has 0 radical (unpaired) electrons. The van der Waals surface area contributed by atoms with Crippen LogP contribution in [0.5, 0.6) is 0 Å². The summed E-state index contributed by atoms with van der Waals surface area (Å²) in [6, 6.07) is 9.50. The Balaban J connectivity index is 1.51. The van der Waals surface area contributed by atoms with Crippen LogP contribution in [0.25, 0.3) is 11.3 Å². The third kappa shape index (κ3) is 4.82.